The molecule has 14 heavy (non-hydrogen) atoms. The summed E-state index contributed by atoms with van der Waals surface area (Å²) >= 11 is 0. The largest absolute Gasteiger partial charge is 0.305 e. The molecule has 0 heterocycles. The number of hydrogen-bond acceptors (Lipinski definition) is 2. The monoisotopic (exact) mass is 186 g/mol. The van der Waals surface area contributed by atoms with Crippen LogP contribution in [0.4, 0.5) is 0 Å². The molecule has 0 atom stereocenters. The topological polar surface area (TPSA) is 47.6 Å². The lowest BCUT2D eigenvalue weighted by Gasteiger charge is -2.15. The highest BCUT2D eigenvalue weighted by Gasteiger charge is 2.18. The van der Waals surface area contributed by atoms with E-state index < -0.39 is 5.41 Å². The second-order valence-electron chi connectivity index (χ2n) is 3.94. The molecular weight excluding hydrogens is 172 g/mol. The quantitative estimate of drug-likeness (QED) is 0.709. The Bertz CT molecular complexity index is 380. The van der Waals surface area contributed by atoms with Gasteiger partial charge >= 0.3 is 0 Å². The van der Waals surface area contributed by atoms with Crippen molar-refractivity contribution >= 4 is 5.71 Å². The Hall–Kier alpha value is -1.62. The highest BCUT2D eigenvalue weighted by Crippen LogP contribution is 2.22. The minimum absolute atomic E-state index is 0.450. The van der Waals surface area contributed by atoms with Gasteiger partial charge in [-0.15, -0.1) is 0 Å². The van der Waals surface area contributed by atoms with Crippen LogP contribution in [0.15, 0.2) is 24.3 Å². The van der Waals surface area contributed by atoms with Gasteiger partial charge in [0.05, 0.1) is 11.5 Å². The van der Waals surface area contributed by atoms with Crippen LogP contribution in [0, 0.1) is 16.7 Å². The summed E-state index contributed by atoms with van der Waals surface area (Å²) in [7, 11) is 0. The summed E-state index contributed by atoms with van der Waals surface area (Å²) in [6.07, 6.45) is 0. The normalized spacial score (nSPS) is 10.7. The SMILES string of the molecule is CC(=N)c1ccc(C(C)(C)C#N)cc1. The summed E-state index contributed by atoms with van der Waals surface area (Å²) < 4.78 is 0. The van der Waals surface area contributed by atoms with Crippen LogP contribution >= 0.6 is 0 Å². The van der Waals surface area contributed by atoms with Crippen LogP contribution in [0.25, 0.3) is 0 Å². The first-order valence-electron chi connectivity index (χ1n) is 4.54. The number of benzene rings is 1. The fourth-order valence-electron chi connectivity index (χ4n) is 1.20. The smallest absolute Gasteiger partial charge is 0.0766 e. The van der Waals surface area contributed by atoms with Crippen LogP contribution in [-0.2, 0) is 5.41 Å². The number of nitriles is 1. The second-order valence-corrected chi connectivity index (χ2v) is 3.94. The van der Waals surface area contributed by atoms with Gasteiger partial charge in [-0.05, 0) is 31.9 Å². The lowest BCUT2D eigenvalue weighted by atomic mass is 9.86. The molecule has 0 unspecified atom stereocenters. The van der Waals surface area contributed by atoms with Gasteiger partial charge in [-0.25, -0.2) is 0 Å². The van der Waals surface area contributed by atoms with Crippen LogP contribution in [0.1, 0.15) is 31.9 Å². The molecule has 0 saturated carbocycles. The summed E-state index contributed by atoms with van der Waals surface area (Å²) in [5.74, 6) is 0. The van der Waals surface area contributed by atoms with Crippen LogP contribution in [0.3, 0.4) is 0 Å². The maximum absolute atomic E-state index is 8.93. The first-order chi connectivity index (χ1) is 6.47. The molecular formula is C12H14N2. The Labute approximate surface area is 84.7 Å². The van der Waals surface area contributed by atoms with E-state index in [1.807, 2.05) is 38.1 Å². The molecule has 0 amide bonds. The Morgan fingerprint density at radius 3 is 2.14 bits per heavy atom. The van der Waals surface area contributed by atoms with E-state index in [2.05, 4.69) is 6.07 Å². The fraction of sp³-hybridized carbons (Fsp3) is 0.333. The highest BCUT2D eigenvalue weighted by molar-refractivity contribution is 5.96. The molecule has 0 saturated heterocycles. The molecule has 2 heteroatoms. The van der Waals surface area contributed by atoms with Gasteiger partial charge in [-0.2, -0.15) is 5.26 Å². The molecule has 0 radical (unpaired) electrons. The Kier molecular flexibility index (Phi) is 2.71. The van der Waals surface area contributed by atoms with Crippen molar-refractivity contribution in [1.82, 2.24) is 0 Å². The third-order valence-electron chi connectivity index (χ3n) is 2.32. The van der Waals surface area contributed by atoms with Crippen molar-refractivity contribution in [1.29, 1.82) is 10.7 Å². The van der Waals surface area contributed by atoms with E-state index in [-0.39, 0.29) is 0 Å². The molecule has 0 aliphatic heterocycles. The number of rotatable bonds is 2. The van der Waals surface area contributed by atoms with Crippen LogP contribution in [0.5, 0.6) is 0 Å². The summed E-state index contributed by atoms with van der Waals surface area (Å²) in [4.78, 5) is 0. The third-order valence-corrected chi connectivity index (χ3v) is 2.32. The lowest BCUT2D eigenvalue weighted by molar-refractivity contribution is 0.687. The summed E-state index contributed by atoms with van der Waals surface area (Å²) in [6.45, 7) is 5.53. The van der Waals surface area contributed by atoms with E-state index in [0.717, 1.165) is 11.1 Å². The van der Waals surface area contributed by atoms with E-state index in [9.17, 15) is 0 Å². The average Bonchev–Trinajstić information content (AvgIpc) is 2.18. The number of nitrogens with one attached hydrogen (secondary N) is 1. The predicted molar refractivity (Wildman–Crippen MR) is 57.6 cm³/mol. The van der Waals surface area contributed by atoms with Crippen LogP contribution in [0.2, 0.25) is 0 Å². The average molecular weight is 186 g/mol. The van der Waals surface area contributed by atoms with Gasteiger partial charge in [0.1, 0.15) is 0 Å². The minimum atomic E-state index is -0.450. The van der Waals surface area contributed by atoms with E-state index in [1.54, 1.807) is 6.92 Å². The van der Waals surface area contributed by atoms with E-state index in [4.69, 9.17) is 10.7 Å². The van der Waals surface area contributed by atoms with Gasteiger partial charge in [-0.3, -0.25) is 0 Å². The van der Waals surface area contributed by atoms with Crippen molar-refractivity contribution in [2.75, 3.05) is 0 Å². The lowest BCUT2D eigenvalue weighted by Crippen LogP contribution is -2.13. The predicted octanol–water partition coefficient (Wildman–Crippen LogP) is 2.88. The van der Waals surface area contributed by atoms with Crippen molar-refractivity contribution < 1.29 is 0 Å². The van der Waals surface area contributed by atoms with Crippen molar-refractivity contribution in [3.63, 3.8) is 0 Å². The first kappa shape index (κ1) is 10.5. The molecule has 0 fully saturated rings. The molecule has 0 aromatic heterocycles. The molecule has 0 aliphatic carbocycles. The molecule has 1 aromatic rings. The molecule has 72 valence electrons. The zero-order valence-electron chi connectivity index (χ0n) is 8.76. The number of nitrogens with zero attached hydrogens (tertiary/aromatic N) is 1. The molecule has 1 aromatic carbocycles. The Morgan fingerprint density at radius 1 is 1.29 bits per heavy atom. The Balaban J connectivity index is 3.07. The molecule has 1 N–H and O–H groups in total. The van der Waals surface area contributed by atoms with Crippen molar-refractivity contribution in [2.24, 2.45) is 0 Å². The van der Waals surface area contributed by atoms with Gasteiger partial charge in [0, 0.05) is 5.71 Å². The van der Waals surface area contributed by atoms with Crippen LogP contribution in [-0.4, -0.2) is 5.71 Å². The standard InChI is InChI=1S/C12H14N2/c1-9(14)10-4-6-11(7-5-10)12(2,3)8-13/h4-7,14H,1-3H3. The van der Waals surface area contributed by atoms with Crippen molar-refractivity contribution in [3.8, 4) is 6.07 Å². The molecule has 0 spiro atoms. The fourth-order valence-corrected chi connectivity index (χ4v) is 1.20. The molecule has 1 rings (SSSR count). The highest BCUT2D eigenvalue weighted by atomic mass is 14.4. The van der Waals surface area contributed by atoms with Crippen LogP contribution < -0.4 is 0 Å². The van der Waals surface area contributed by atoms with Gasteiger partial charge in [0.15, 0.2) is 0 Å². The maximum Gasteiger partial charge on any atom is 0.0766 e. The summed E-state index contributed by atoms with van der Waals surface area (Å²) in [5, 5.41) is 16.4. The molecule has 0 aliphatic rings. The minimum Gasteiger partial charge on any atom is -0.305 e. The molecule has 2 nitrogen and oxygen atoms in total. The van der Waals surface area contributed by atoms with Gasteiger partial charge in [-0.1, -0.05) is 24.3 Å². The first-order valence-corrected chi connectivity index (χ1v) is 4.54. The van der Waals surface area contributed by atoms with Gasteiger partial charge in [0.25, 0.3) is 0 Å². The summed E-state index contributed by atoms with van der Waals surface area (Å²) in [5.41, 5.74) is 1.99. The summed E-state index contributed by atoms with van der Waals surface area (Å²) in [6, 6.07) is 9.85. The second kappa shape index (κ2) is 3.63. The van der Waals surface area contributed by atoms with E-state index >= 15 is 0 Å². The number of hydrogen-bond donors (Lipinski definition) is 1. The van der Waals surface area contributed by atoms with E-state index in [1.165, 1.54) is 0 Å². The van der Waals surface area contributed by atoms with Gasteiger partial charge in [0.2, 0.25) is 0 Å². The zero-order chi connectivity index (χ0) is 10.8. The van der Waals surface area contributed by atoms with E-state index in [0.29, 0.717) is 5.71 Å². The van der Waals surface area contributed by atoms with Crippen molar-refractivity contribution in [3.05, 3.63) is 35.4 Å². The van der Waals surface area contributed by atoms with Crippen molar-refractivity contribution in [2.45, 2.75) is 26.2 Å². The third kappa shape index (κ3) is 2.00. The van der Waals surface area contributed by atoms with Gasteiger partial charge < -0.3 is 5.41 Å². The Morgan fingerprint density at radius 2 is 1.79 bits per heavy atom. The maximum atomic E-state index is 8.93. The zero-order valence-corrected chi connectivity index (χ0v) is 8.76. The molecule has 0 bridgehead atoms.